The van der Waals surface area contributed by atoms with Crippen molar-refractivity contribution in [2.45, 2.75) is 77.4 Å². The van der Waals surface area contributed by atoms with Crippen LogP contribution in [0.1, 0.15) is 81.1 Å². The number of alkyl halides is 1. The third kappa shape index (κ3) is 5.78. The van der Waals surface area contributed by atoms with Crippen molar-refractivity contribution in [3.63, 3.8) is 0 Å². The Bertz CT molecular complexity index is 518. The summed E-state index contributed by atoms with van der Waals surface area (Å²) < 4.78 is 0. The van der Waals surface area contributed by atoms with Gasteiger partial charge in [0.25, 0.3) is 0 Å². The minimum absolute atomic E-state index is 0.0425. The molecule has 0 fully saturated rings. The summed E-state index contributed by atoms with van der Waals surface area (Å²) in [7, 11) is 0. The molecule has 4 heteroatoms. The van der Waals surface area contributed by atoms with Gasteiger partial charge in [-0.15, -0.1) is 11.6 Å². The fraction of sp³-hybridized carbons (Fsp3) is 0.650. The molecule has 2 N–H and O–H groups in total. The van der Waals surface area contributed by atoms with Gasteiger partial charge in [0, 0.05) is 18.8 Å². The first-order chi connectivity index (χ1) is 11.8. The number of hydrogen-bond donors (Lipinski definition) is 2. The number of amides is 1. The van der Waals surface area contributed by atoms with Crippen LogP contribution in [0.5, 0.6) is 0 Å². The first-order valence-corrected chi connectivity index (χ1v) is 9.99. The Hall–Kier alpha value is -1.06. The average Bonchev–Trinajstić information content (AvgIpc) is 3.00. The number of unbranched alkanes of at least 4 members (excludes halogenated alkanes) is 5. The van der Waals surface area contributed by atoms with Gasteiger partial charge < -0.3 is 5.32 Å². The molecule has 0 radical (unpaired) electrons. The fourth-order valence-corrected chi connectivity index (χ4v) is 3.54. The standard InChI is InChI=1S/C20H31ClN2O/c1-2-3-4-5-6-7-10-16-11-8-12-17-15-22-20(19(16)17)23-18(24)13-9-14-21/h8,11-12,20,22H,2-7,9-10,13-15H2,1H3,(H,23,24). The highest BCUT2D eigenvalue weighted by Crippen LogP contribution is 2.28. The largest absolute Gasteiger partial charge is 0.337 e. The average molecular weight is 351 g/mol. The number of carbonyl (C=O) groups is 1. The molecule has 0 aliphatic carbocycles. The first-order valence-electron chi connectivity index (χ1n) is 9.45. The highest BCUT2D eigenvalue weighted by molar-refractivity contribution is 6.17. The van der Waals surface area contributed by atoms with E-state index < -0.39 is 0 Å². The summed E-state index contributed by atoms with van der Waals surface area (Å²) in [6.45, 7) is 3.09. The zero-order valence-electron chi connectivity index (χ0n) is 14.9. The lowest BCUT2D eigenvalue weighted by Crippen LogP contribution is -2.34. The number of halogens is 1. The van der Waals surface area contributed by atoms with Crippen molar-refractivity contribution >= 4 is 17.5 Å². The van der Waals surface area contributed by atoms with E-state index in [-0.39, 0.29) is 12.1 Å². The molecule has 1 aliphatic heterocycles. The van der Waals surface area contributed by atoms with Crippen LogP contribution in [0.4, 0.5) is 0 Å². The molecule has 2 rings (SSSR count). The molecule has 134 valence electrons. The molecular formula is C20H31ClN2O. The maximum atomic E-state index is 12.0. The molecule has 0 bridgehead atoms. The van der Waals surface area contributed by atoms with Crippen molar-refractivity contribution in [1.29, 1.82) is 0 Å². The lowest BCUT2D eigenvalue weighted by Gasteiger charge is -2.18. The van der Waals surface area contributed by atoms with Crippen molar-refractivity contribution in [1.82, 2.24) is 10.6 Å². The van der Waals surface area contributed by atoms with Crippen molar-refractivity contribution in [2.75, 3.05) is 5.88 Å². The molecule has 1 atom stereocenters. The Morgan fingerprint density at radius 2 is 2.00 bits per heavy atom. The van der Waals surface area contributed by atoms with Crippen LogP contribution in [0.25, 0.3) is 0 Å². The van der Waals surface area contributed by atoms with E-state index in [2.05, 4.69) is 35.8 Å². The Morgan fingerprint density at radius 1 is 1.21 bits per heavy atom. The van der Waals surface area contributed by atoms with E-state index in [1.807, 2.05) is 0 Å². The third-order valence-electron chi connectivity index (χ3n) is 4.71. The predicted octanol–water partition coefficient (Wildman–Crippen LogP) is 4.83. The molecule has 24 heavy (non-hydrogen) atoms. The number of fused-ring (bicyclic) bond motifs is 1. The molecule has 0 spiro atoms. The molecule has 1 amide bonds. The van der Waals surface area contributed by atoms with Crippen molar-refractivity contribution < 1.29 is 4.79 Å². The van der Waals surface area contributed by atoms with Crippen LogP contribution < -0.4 is 10.6 Å². The molecule has 1 aromatic carbocycles. The zero-order chi connectivity index (χ0) is 17.2. The van der Waals surface area contributed by atoms with Gasteiger partial charge in [-0.05, 0) is 36.0 Å². The summed E-state index contributed by atoms with van der Waals surface area (Å²) in [6.07, 6.45) is 10.1. The fourth-order valence-electron chi connectivity index (χ4n) is 3.40. The smallest absolute Gasteiger partial charge is 0.221 e. The molecule has 1 unspecified atom stereocenters. The second-order valence-electron chi connectivity index (χ2n) is 6.68. The number of rotatable bonds is 11. The van der Waals surface area contributed by atoms with Gasteiger partial charge in [0.15, 0.2) is 0 Å². The second-order valence-corrected chi connectivity index (χ2v) is 7.06. The Balaban J connectivity index is 1.89. The Labute approximate surface area is 151 Å². The van der Waals surface area contributed by atoms with Gasteiger partial charge in [0.05, 0.1) is 0 Å². The number of carbonyl (C=O) groups excluding carboxylic acids is 1. The molecule has 0 aromatic heterocycles. The number of hydrogen-bond acceptors (Lipinski definition) is 2. The van der Waals surface area contributed by atoms with Crippen LogP contribution in [0.2, 0.25) is 0 Å². The van der Waals surface area contributed by atoms with E-state index in [9.17, 15) is 4.79 Å². The van der Waals surface area contributed by atoms with Crippen LogP contribution in [-0.4, -0.2) is 11.8 Å². The van der Waals surface area contributed by atoms with Gasteiger partial charge in [-0.25, -0.2) is 0 Å². The van der Waals surface area contributed by atoms with Crippen molar-refractivity contribution in [2.24, 2.45) is 0 Å². The van der Waals surface area contributed by atoms with E-state index in [0.717, 1.165) is 19.4 Å². The quantitative estimate of drug-likeness (QED) is 0.443. The van der Waals surface area contributed by atoms with Crippen molar-refractivity contribution in [3.05, 3.63) is 34.9 Å². The number of aryl methyl sites for hydroxylation is 1. The highest BCUT2D eigenvalue weighted by atomic mass is 35.5. The highest BCUT2D eigenvalue weighted by Gasteiger charge is 2.25. The summed E-state index contributed by atoms with van der Waals surface area (Å²) in [4.78, 5) is 12.0. The SMILES string of the molecule is CCCCCCCCc1cccc2c1C(NC(=O)CCCCl)NC2. The van der Waals surface area contributed by atoms with E-state index in [4.69, 9.17) is 11.6 Å². The van der Waals surface area contributed by atoms with Gasteiger partial charge in [-0.3, -0.25) is 10.1 Å². The predicted molar refractivity (Wildman–Crippen MR) is 101 cm³/mol. The van der Waals surface area contributed by atoms with Gasteiger partial charge in [0.2, 0.25) is 5.91 Å². The maximum Gasteiger partial charge on any atom is 0.221 e. The molecule has 1 aliphatic rings. The van der Waals surface area contributed by atoms with E-state index in [0.29, 0.717) is 12.3 Å². The monoisotopic (exact) mass is 350 g/mol. The van der Waals surface area contributed by atoms with Gasteiger partial charge in [0.1, 0.15) is 6.17 Å². The molecular weight excluding hydrogens is 320 g/mol. The van der Waals surface area contributed by atoms with Gasteiger partial charge >= 0.3 is 0 Å². The van der Waals surface area contributed by atoms with E-state index in [1.165, 1.54) is 55.2 Å². The number of nitrogens with one attached hydrogen (secondary N) is 2. The molecule has 1 heterocycles. The van der Waals surface area contributed by atoms with Crippen LogP contribution >= 0.6 is 11.6 Å². The van der Waals surface area contributed by atoms with E-state index in [1.54, 1.807) is 0 Å². The van der Waals surface area contributed by atoms with Crippen LogP contribution in [0.3, 0.4) is 0 Å². The number of benzene rings is 1. The molecule has 3 nitrogen and oxygen atoms in total. The summed E-state index contributed by atoms with van der Waals surface area (Å²) >= 11 is 5.68. The summed E-state index contributed by atoms with van der Waals surface area (Å²) in [5, 5.41) is 6.54. The topological polar surface area (TPSA) is 41.1 Å². The lowest BCUT2D eigenvalue weighted by molar-refractivity contribution is -0.122. The minimum atomic E-state index is -0.0425. The van der Waals surface area contributed by atoms with Gasteiger partial charge in [-0.1, -0.05) is 57.2 Å². The molecule has 1 aromatic rings. The van der Waals surface area contributed by atoms with Crippen molar-refractivity contribution in [3.8, 4) is 0 Å². The van der Waals surface area contributed by atoms with Gasteiger partial charge in [-0.2, -0.15) is 0 Å². The van der Waals surface area contributed by atoms with Crippen LogP contribution in [-0.2, 0) is 17.8 Å². The Kier molecular flexibility index (Phi) is 8.62. The molecule has 0 saturated heterocycles. The van der Waals surface area contributed by atoms with Crippen LogP contribution in [0.15, 0.2) is 18.2 Å². The first kappa shape index (κ1) is 19.3. The normalized spacial score (nSPS) is 16.2. The zero-order valence-corrected chi connectivity index (χ0v) is 15.6. The maximum absolute atomic E-state index is 12.0. The summed E-state index contributed by atoms with van der Waals surface area (Å²) in [6, 6.07) is 6.53. The molecule has 0 saturated carbocycles. The minimum Gasteiger partial charge on any atom is -0.337 e. The van der Waals surface area contributed by atoms with Crippen LogP contribution in [0, 0.1) is 0 Å². The summed E-state index contributed by atoms with van der Waals surface area (Å²) in [5.74, 6) is 0.612. The second kappa shape index (κ2) is 10.7. The van der Waals surface area contributed by atoms with E-state index >= 15 is 0 Å². The lowest BCUT2D eigenvalue weighted by atomic mass is 9.96. The third-order valence-corrected chi connectivity index (χ3v) is 4.98. The Morgan fingerprint density at radius 3 is 2.79 bits per heavy atom. The summed E-state index contributed by atoms with van der Waals surface area (Å²) in [5.41, 5.74) is 4.00.